The number of methoxy groups -OCH3 is 1. The Morgan fingerprint density at radius 1 is 1.06 bits per heavy atom. The molecule has 0 unspecified atom stereocenters. The van der Waals surface area contributed by atoms with Gasteiger partial charge in [0.05, 0.1) is 7.11 Å². The quantitative estimate of drug-likeness (QED) is 0.479. The second kappa shape index (κ2) is 9.22. The lowest BCUT2D eigenvalue weighted by Crippen LogP contribution is -2.11. The van der Waals surface area contributed by atoms with Gasteiger partial charge in [0.25, 0.3) is 0 Å². The third-order valence-electron chi connectivity index (χ3n) is 5.57. The number of carbonyl (C=O) groups is 1. The number of hydrogen-bond donors (Lipinski definition) is 2. The fourth-order valence-corrected chi connectivity index (χ4v) is 3.68. The monoisotopic (exact) mass is 433 g/mol. The number of fused-ring (bicyclic) bond motifs is 1. The number of ketones is 1. The Labute approximate surface area is 187 Å². The Morgan fingerprint density at radius 3 is 2.53 bits per heavy atom. The van der Waals surface area contributed by atoms with Crippen LogP contribution in [-0.2, 0) is 6.42 Å². The third kappa shape index (κ3) is 4.49. The van der Waals surface area contributed by atoms with E-state index in [0.717, 1.165) is 17.1 Å². The van der Waals surface area contributed by atoms with E-state index in [9.17, 15) is 9.90 Å². The van der Waals surface area contributed by atoms with E-state index in [0.29, 0.717) is 35.7 Å². The highest BCUT2D eigenvalue weighted by Gasteiger charge is 2.18. The molecule has 0 saturated heterocycles. The van der Waals surface area contributed by atoms with Crippen molar-refractivity contribution in [2.75, 3.05) is 25.8 Å². The first-order valence-corrected chi connectivity index (χ1v) is 10.6. The van der Waals surface area contributed by atoms with Gasteiger partial charge in [-0.25, -0.2) is 0 Å². The number of phenolic OH excluding ortho intramolecular Hbond substituents is 1. The van der Waals surface area contributed by atoms with E-state index < -0.39 is 0 Å². The molecule has 32 heavy (non-hydrogen) atoms. The number of anilines is 1. The van der Waals surface area contributed by atoms with Gasteiger partial charge in [-0.15, -0.1) is 0 Å². The minimum atomic E-state index is -0.135. The van der Waals surface area contributed by atoms with Crippen molar-refractivity contribution in [3.63, 3.8) is 0 Å². The lowest BCUT2D eigenvalue weighted by atomic mass is 9.97. The molecule has 2 N–H and O–H groups in total. The molecule has 0 aliphatic carbocycles. The second-order valence-electron chi connectivity index (χ2n) is 8.04. The summed E-state index contributed by atoms with van der Waals surface area (Å²) >= 11 is 0. The van der Waals surface area contributed by atoms with Crippen molar-refractivity contribution in [1.82, 2.24) is 0 Å². The molecule has 3 aromatic carbocycles. The van der Waals surface area contributed by atoms with Gasteiger partial charge in [0.2, 0.25) is 6.79 Å². The Bertz CT molecular complexity index is 1120. The maximum absolute atomic E-state index is 13.3. The van der Waals surface area contributed by atoms with E-state index >= 15 is 0 Å². The highest BCUT2D eigenvalue weighted by molar-refractivity contribution is 6.12. The molecule has 0 aromatic heterocycles. The number of nitrogens with one attached hydrogen (secondary N) is 1. The van der Waals surface area contributed by atoms with Crippen molar-refractivity contribution in [2.24, 2.45) is 0 Å². The number of benzene rings is 3. The number of aromatic hydroxyl groups is 1. The van der Waals surface area contributed by atoms with Gasteiger partial charge in [-0.2, -0.15) is 0 Å². The van der Waals surface area contributed by atoms with E-state index in [1.54, 1.807) is 6.07 Å². The first-order valence-electron chi connectivity index (χ1n) is 10.6. The topological polar surface area (TPSA) is 77.0 Å². The minimum Gasteiger partial charge on any atom is -0.504 e. The summed E-state index contributed by atoms with van der Waals surface area (Å²) in [4.78, 5) is 13.3. The fourth-order valence-electron chi connectivity index (χ4n) is 3.68. The highest BCUT2D eigenvalue weighted by atomic mass is 16.7. The number of phenols is 1. The van der Waals surface area contributed by atoms with Crippen LogP contribution in [0, 0.1) is 0 Å². The number of hydrogen-bond acceptors (Lipinski definition) is 6. The number of ether oxygens (including phenoxy) is 3. The van der Waals surface area contributed by atoms with Crippen molar-refractivity contribution in [3.8, 4) is 23.0 Å². The average molecular weight is 434 g/mol. The van der Waals surface area contributed by atoms with Gasteiger partial charge in [-0.1, -0.05) is 44.2 Å². The van der Waals surface area contributed by atoms with Crippen LogP contribution in [0.4, 0.5) is 5.69 Å². The van der Waals surface area contributed by atoms with Crippen LogP contribution in [0.25, 0.3) is 0 Å². The van der Waals surface area contributed by atoms with Gasteiger partial charge < -0.3 is 24.6 Å². The molecule has 0 bridgehead atoms. The molecule has 3 aromatic rings. The van der Waals surface area contributed by atoms with Crippen molar-refractivity contribution in [2.45, 2.75) is 26.2 Å². The average Bonchev–Trinajstić information content (AvgIpc) is 3.27. The van der Waals surface area contributed by atoms with Crippen LogP contribution in [-0.4, -0.2) is 31.3 Å². The summed E-state index contributed by atoms with van der Waals surface area (Å²) in [5.74, 6) is 1.98. The molecule has 0 spiro atoms. The summed E-state index contributed by atoms with van der Waals surface area (Å²) in [5, 5.41) is 13.6. The number of carbonyl (C=O) groups excluding carboxylic acids is 1. The molecule has 6 nitrogen and oxygen atoms in total. The lowest BCUT2D eigenvalue weighted by Gasteiger charge is -2.15. The first-order chi connectivity index (χ1) is 15.5. The standard InChI is InChI=1S/C26H27NO5/c1-16(2)18-5-7-19(8-6-18)26(29)20-13-24(30-3)22(28)14-21(20)27-11-10-17-4-9-23-25(12-17)32-15-31-23/h4-9,12-14,16,27-28H,10-11,15H2,1-3H3. The Kier molecular flexibility index (Phi) is 6.21. The molecule has 6 heteroatoms. The molecule has 166 valence electrons. The maximum atomic E-state index is 13.3. The van der Waals surface area contributed by atoms with Crippen molar-refractivity contribution in [1.29, 1.82) is 0 Å². The molecule has 1 aliphatic heterocycles. The predicted octanol–water partition coefficient (Wildman–Crippen LogP) is 5.14. The van der Waals surface area contributed by atoms with Crippen LogP contribution in [0.3, 0.4) is 0 Å². The SMILES string of the molecule is COc1cc(C(=O)c2ccc(C(C)C)cc2)c(NCCc2ccc3c(c2)OCO3)cc1O. The highest BCUT2D eigenvalue weighted by Crippen LogP contribution is 2.35. The zero-order valence-corrected chi connectivity index (χ0v) is 18.5. The first kappa shape index (κ1) is 21.6. The summed E-state index contributed by atoms with van der Waals surface area (Å²) in [7, 11) is 1.47. The smallest absolute Gasteiger partial charge is 0.231 e. The summed E-state index contributed by atoms with van der Waals surface area (Å²) < 4.78 is 16.0. The Morgan fingerprint density at radius 2 is 1.81 bits per heavy atom. The molecule has 0 atom stereocenters. The molecule has 0 fully saturated rings. The normalized spacial score (nSPS) is 12.1. The Hall–Kier alpha value is -3.67. The van der Waals surface area contributed by atoms with Crippen molar-refractivity contribution < 1.29 is 24.1 Å². The van der Waals surface area contributed by atoms with Gasteiger partial charge in [0.15, 0.2) is 28.8 Å². The molecule has 1 aliphatic rings. The van der Waals surface area contributed by atoms with Crippen LogP contribution < -0.4 is 19.5 Å². The summed E-state index contributed by atoms with van der Waals surface area (Å²) in [6.45, 7) is 5.04. The van der Waals surface area contributed by atoms with Gasteiger partial charge in [0, 0.05) is 29.4 Å². The van der Waals surface area contributed by atoms with Crippen LogP contribution in [0.2, 0.25) is 0 Å². The van der Waals surface area contributed by atoms with E-state index in [-0.39, 0.29) is 24.1 Å². The molecule has 0 amide bonds. The molecule has 0 radical (unpaired) electrons. The van der Waals surface area contributed by atoms with Crippen molar-refractivity contribution >= 4 is 11.5 Å². The largest absolute Gasteiger partial charge is 0.504 e. The maximum Gasteiger partial charge on any atom is 0.231 e. The van der Waals surface area contributed by atoms with Gasteiger partial charge in [0.1, 0.15) is 0 Å². The van der Waals surface area contributed by atoms with Crippen LogP contribution in [0.1, 0.15) is 46.8 Å². The van der Waals surface area contributed by atoms with E-state index in [2.05, 4.69) is 19.2 Å². The van der Waals surface area contributed by atoms with E-state index in [1.165, 1.54) is 18.7 Å². The van der Waals surface area contributed by atoms with Crippen LogP contribution in [0.15, 0.2) is 54.6 Å². The molecule has 0 saturated carbocycles. The van der Waals surface area contributed by atoms with Gasteiger partial charge in [-0.3, -0.25) is 4.79 Å². The molecular formula is C26H27NO5. The lowest BCUT2D eigenvalue weighted by molar-refractivity contribution is 0.103. The van der Waals surface area contributed by atoms with Crippen LogP contribution >= 0.6 is 0 Å². The summed E-state index contributed by atoms with van der Waals surface area (Å²) in [6, 6.07) is 16.6. The predicted molar refractivity (Wildman–Crippen MR) is 123 cm³/mol. The third-order valence-corrected chi connectivity index (χ3v) is 5.57. The zero-order valence-electron chi connectivity index (χ0n) is 18.5. The fraction of sp³-hybridized carbons (Fsp3) is 0.269. The van der Waals surface area contributed by atoms with E-state index in [1.807, 2.05) is 42.5 Å². The second-order valence-corrected chi connectivity index (χ2v) is 8.04. The van der Waals surface area contributed by atoms with Gasteiger partial charge in [-0.05, 0) is 41.7 Å². The molecular weight excluding hydrogens is 406 g/mol. The van der Waals surface area contributed by atoms with Crippen molar-refractivity contribution in [3.05, 3.63) is 76.9 Å². The van der Waals surface area contributed by atoms with E-state index in [4.69, 9.17) is 14.2 Å². The van der Waals surface area contributed by atoms with Gasteiger partial charge >= 0.3 is 0 Å². The number of rotatable bonds is 8. The molecule has 1 heterocycles. The van der Waals surface area contributed by atoms with Crippen LogP contribution in [0.5, 0.6) is 23.0 Å². The zero-order chi connectivity index (χ0) is 22.7. The molecule has 4 rings (SSSR count). The minimum absolute atomic E-state index is 0.0233. The summed E-state index contributed by atoms with van der Waals surface area (Å²) in [5.41, 5.74) is 3.84. The Balaban J connectivity index is 1.54. The summed E-state index contributed by atoms with van der Waals surface area (Å²) in [6.07, 6.45) is 0.708.